The molecule has 0 aliphatic rings. The summed E-state index contributed by atoms with van der Waals surface area (Å²) in [6, 6.07) is 50.1. The number of furan rings is 1. The average Bonchev–Trinajstić information content (AvgIpc) is 3.55. The molecule has 0 atom stereocenters. The van der Waals surface area contributed by atoms with Crippen LogP contribution in [0, 0.1) is 19.1 Å². The third-order valence-electron chi connectivity index (χ3n) is 9.34. The Hall–Kier alpha value is -4.93. The Morgan fingerprint density at radius 3 is 1.96 bits per heavy atom. The van der Waals surface area contributed by atoms with Crippen LogP contribution < -0.4 is 5.19 Å². The number of hydrogen-bond donors (Lipinski definition) is 0. The first kappa shape index (κ1) is 36.8. The van der Waals surface area contributed by atoms with E-state index < -0.39 is 8.07 Å². The fourth-order valence-corrected chi connectivity index (χ4v) is 8.41. The van der Waals surface area contributed by atoms with Gasteiger partial charge < -0.3 is 14.4 Å². The number of nitrogens with zero attached hydrogens (tertiary/aromatic N) is 2. The Kier molecular flexibility index (Phi) is 11.2. The van der Waals surface area contributed by atoms with Crippen molar-refractivity contribution in [3.63, 3.8) is 0 Å². The van der Waals surface area contributed by atoms with Gasteiger partial charge in [-0.05, 0) is 57.7 Å². The summed E-state index contributed by atoms with van der Waals surface area (Å²) in [6.07, 6.45) is 4.04. The van der Waals surface area contributed by atoms with Crippen molar-refractivity contribution in [3.8, 4) is 44.8 Å². The first-order valence-electron chi connectivity index (χ1n) is 17.6. The molecule has 3 heterocycles. The molecule has 5 heteroatoms. The molecule has 0 fully saturated rings. The van der Waals surface area contributed by atoms with Crippen molar-refractivity contribution < 1.29 is 24.5 Å². The van der Waals surface area contributed by atoms with E-state index in [0.717, 1.165) is 50.0 Å². The average molecular weight is 871 g/mol. The smallest absolute Gasteiger partial charge is 0.121 e. The minimum Gasteiger partial charge on any atom is -0.501 e. The van der Waals surface area contributed by atoms with Gasteiger partial charge in [0, 0.05) is 43.4 Å². The minimum atomic E-state index is -1.34. The summed E-state index contributed by atoms with van der Waals surface area (Å²) in [7, 11) is -1.34. The van der Waals surface area contributed by atoms with Gasteiger partial charge in [0.05, 0.1) is 13.7 Å². The second-order valence-electron chi connectivity index (χ2n) is 14.3. The van der Waals surface area contributed by atoms with Crippen molar-refractivity contribution in [2.45, 2.75) is 46.3 Å². The molecule has 1 radical (unpaired) electrons. The Morgan fingerprint density at radius 1 is 0.654 bits per heavy atom. The molecule has 0 unspecified atom stereocenters. The first-order chi connectivity index (χ1) is 24.7. The largest absolute Gasteiger partial charge is 0.501 e. The zero-order valence-corrected chi connectivity index (χ0v) is 33.9. The zero-order valence-electron chi connectivity index (χ0n) is 30.5. The van der Waals surface area contributed by atoms with Crippen LogP contribution in [0.25, 0.3) is 66.7 Å². The van der Waals surface area contributed by atoms with E-state index in [4.69, 9.17) is 9.40 Å². The van der Waals surface area contributed by atoms with Gasteiger partial charge in [0.15, 0.2) is 0 Å². The summed E-state index contributed by atoms with van der Waals surface area (Å²) in [5, 5.41) is 3.68. The normalized spacial score (nSPS) is 11.3. The summed E-state index contributed by atoms with van der Waals surface area (Å²) in [5.41, 5.74) is 12.8. The summed E-state index contributed by atoms with van der Waals surface area (Å²) in [5.74, 6) is 0.534. The topological polar surface area (TPSA) is 38.9 Å². The molecule has 0 spiro atoms. The number of aromatic nitrogens is 2. The Balaban J connectivity index is 0.000000200. The van der Waals surface area contributed by atoms with Crippen LogP contribution in [0.3, 0.4) is 0 Å². The van der Waals surface area contributed by atoms with Crippen LogP contribution in [0.1, 0.15) is 30.9 Å². The number of fused-ring (bicyclic) bond motifs is 3. The fraction of sp³-hybridized carbons (Fsp3) is 0.149. The molecule has 0 aliphatic carbocycles. The van der Waals surface area contributed by atoms with E-state index in [2.05, 4.69) is 143 Å². The van der Waals surface area contributed by atoms with Gasteiger partial charge in [0.2, 0.25) is 0 Å². The molecule has 0 saturated carbocycles. The van der Waals surface area contributed by atoms with Gasteiger partial charge in [0.1, 0.15) is 5.58 Å². The van der Waals surface area contributed by atoms with Gasteiger partial charge in [-0.3, -0.25) is 0 Å². The Morgan fingerprint density at radius 2 is 1.33 bits per heavy atom. The van der Waals surface area contributed by atoms with E-state index in [1.165, 1.54) is 33.0 Å². The molecule has 8 rings (SSSR count). The molecule has 0 N–H and O–H groups in total. The van der Waals surface area contributed by atoms with Crippen LogP contribution in [0.4, 0.5) is 0 Å². The molecule has 5 aromatic carbocycles. The van der Waals surface area contributed by atoms with E-state index in [0.29, 0.717) is 5.92 Å². The third-order valence-corrected chi connectivity index (χ3v) is 11.4. The number of pyridine rings is 2. The molecule has 0 bridgehead atoms. The van der Waals surface area contributed by atoms with Crippen LogP contribution in [-0.4, -0.2) is 18.0 Å². The Bertz CT molecular complexity index is 2430. The van der Waals surface area contributed by atoms with E-state index in [-0.39, 0.29) is 20.1 Å². The summed E-state index contributed by atoms with van der Waals surface area (Å²) in [6.45, 7) is 13.8. The molecular weight excluding hydrogens is 829 g/mol. The molecule has 52 heavy (non-hydrogen) atoms. The maximum atomic E-state index is 6.38. The summed E-state index contributed by atoms with van der Waals surface area (Å²) in [4.78, 5) is 9.46. The molecule has 3 nitrogen and oxygen atoms in total. The minimum absolute atomic E-state index is 0. The number of aryl methyl sites for hydroxylation is 1. The molecule has 3 aromatic heterocycles. The predicted molar refractivity (Wildman–Crippen MR) is 217 cm³/mol. The van der Waals surface area contributed by atoms with Crippen molar-refractivity contribution in [2.24, 2.45) is 0 Å². The van der Waals surface area contributed by atoms with Crippen LogP contribution in [0.5, 0.6) is 0 Å². The van der Waals surface area contributed by atoms with Crippen molar-refractivity contribution in [3.05, 3.63) is 163 Å². The van der Waals surface area contributed by atoms with Crippen LogP contribution in [-0.2, 0) is 20.1 Å². The summed E-state index contributed by atoms with van der Waals surface area (Å²) < 4.78 is 6.38. The van der Waals surface area contributed by atoms with E-state index in [1.54, 1.807) is 0 Å². The summed E-state index contributed by atoms with van der Waals surface area (Å²) >= 11 is 0. The van der Waals surface area contributed by atoms with Crippen molar-refractivity contribution >= 4 is 35.2 Å². The maximum Gasteiger partial charge on any atom is 0.121 e. The standard InChI is InChI=1S/C30H20NO.C17H22NSi.Ir/c1-20-18-27(31-19-26(20)22-12-6-3-7-13-22)24-15-8-16-25-29-23(21-10-4-2-5-11-21)14-9-17-28(29)32-30(24)25;1-13(2)15-11-16(14-9-7-6-8-10-14)18-12-17(15)19(3,4)5;/h2-14,16-19H,1H3;6-9,11-13H,1-5H3;/q2*-1;. The SMILES string of the molecule is CC(C)c1cc(-c2[c-]cccc2)ncc1[Si](C)(C)C.Cc1cc(-c2[c-]ccc3c2oc2cccc(-c4ccccc4)c23)ncc1-c1ccccc1.[Ir]. The first-order valence-corrected chi connectivity index (χ1v) is 21.1. The molecule has 0 saturated heterocycles. The molecule has 8 aromatic rings. The van der Waals surface area contributed by atoms with Gasteiger partial charge in [-0.2, -0.15) is 0 Å². The molecule has 261 valence electrons. The monoisotopic (exact) mass is 871 g/mol. The quantitative estimate of drug-likeness (QED) is 0.123. The van der Waals surface area contributed by atoms with Gasteiger partial charge in [-0.15, -0.1) is 54.1 Å². The van der Waals surface area contributed by atoms with E-state index >= 15 is 0 Å². The van der Waals surface area contributed by atoms with Gasteiger partial charge >= 0.3 is 0 Å². The number of rotatable bonds is 6. The van der Waals surface area contributed by atoms with Gasteiger partial charge in [0.25, 0.3) is 0 Å². The van der Waals surface area contributed by atoms with Crippen LogP contribution >= 0.6 is 0 Å². The fourth-order valence-electron chi connectivity index (χ4n) is 6.73. The number of hydrogen-bond acceptors (Lipinski definition) is 3. The van der Waals surface area contributed by atoms with Crippen molar-refractivity contribution in [1.29, 1.82) is 0 Å². The van der Waals surface area contributed by atoms with Crippen molar-refractivity contribution in [1.82, 2.24) is 9.97 Å². The van der Waals surface area contributed by atoms with E-state index in [1.807, 2.05) is 54.7 Å². The molecular formula is C47H42IrN2OSi-2. The van der Waals surface area contributed by atoms with Crippen LogP contribution in [0.2, 0.25) is 19.6 Å². The molecule has 0 aliphatic heterocycles. The third kappa shape index (κ3) is 7.63. The van der Waals surface area contributed by atoms with Gasteiger partial charge in [-0.1, -0.05) is 135 Å². The van der Waals surface area contributed by atoms with Crippen LogP contribution in [0.15, 0.2) is 144 Å². The maximum absolute atomic E-state index is 6.38. The second-order valence-corrected chi connectivity index (χ2v) is 19.4. The molecule has 0 amide bonds. The zero-order chi connectivity index (χ0) is 35.5. The Labute approximate surface area is 322 Å². The number of benzene rings is 5. The second kappa shape index (κ2) is 15.8. The van der Waals surface area contributed by atoms with Gasteiger partial charge in [-0.25, -0.2) is 0 Å². The van der Waals surface area contributed by atoms with Crippen molar-refractivity contribution in [2.75, 3.05) is 0 Å². The van der Waals surface area contributed by atoms with E-state index in [9.17, 15) is 0 Å². The predicted octanol–water partition coefficient (Wildman–Crippen LogP) is 12.3.